The Labute approximate surface area is 205 Å². The molecule has 0 aliphatic heterocycles. The number of hydrogen-bond donors (Lipinski definition) is 3. The van der Waals surface area contributed by atoms with Gasteiger partial charge >= 0.3 is 0 Å². The van der Waals surface area contributed by atoms with E-state index in [0.717, 1.165) is 42.6 Å². The number of carbonyl (C=O) groups is 1. The van der Waals surface area contributed by atoms with Gasteiger partial charge in [0.2, 0.25) is 5.91 Å². The molecule has 34 heavy (non-hydrogen) atoms. The summed E-state index contributed by atoms with van der Waals surface area (Å²) in [5, 5.41) is 17.6. The van der Waals surface area contributed by atoms with E-state index in [0.29, 0.717) is 25.5 Å². The van der Waals surface area contributed by atoms with Gasteiger partial charge in [-0.2, -0.15) is 0 Å². The molecule has 0 fully saturated rings. The smallest absolute Gasteiger partial charge is 0.220 e. The third-order valence-electron chi connectivity index (χ3n) is 5.94. The first-order valence-corrected chi connectivity index (χ1v) is 12.6. The molecular formula is C28H44N2O4. The molecule has 4 atom stereocenters. The number of amides is 1. The van der Waals surface area contributed by atoms with Crippen molar-refractivity contribution in [3.05, 3.63) is 54.6 Å². The lowest BCUT2D eigenvalue weighted by Crippen LogP contribution is -2.48. The number of benzene rings is 1. The second kappa shape index (κ2) is 14.3. The maximum absolute atomic E-state index is 12.4. The van der Waals surface area contributed by atoms with Gasteiger partial charge in [0, 0.05) is 19.0 Å². The first-order valence-electron chi connectivity index (χ1n) is 12.6. The van der Waals surface area contributed by atoms with Gasteiger partial charge in [0.05, 0.1) is 31.0 Å². The number of aliphatic hydroxyl groups is 1. The topological polar surface area (TPSA) is 79.8 Å². The van der Waals surface area contributed by atoms with Crippen molar-refractivity contribution in [3.63, 3.8) is 0 Å². The van der Waals surface area contributed by atoms with E-state index >= 15 is 0 Å². The Bertz CT molecular complexity index is 793. The lowest BCUT2D eigenvalue weighted by Gasteiger charge is -2.27. The highest BCUT2D eigenvalue weighted by Gasteiger charge is 2.33. The van der Waals surface area contributed by atoms with Gasteiger partial charge in [0.15, 0.2) is 0 Å². The predicted molar refractivity (Wildman–Crippen MR) is 138 cm³/mol. The Kier molecular flexibility index (Phi) is 11.8. The van der Waals surface area contributed by atoms with Gasteiger partial charge in [0.1, 0.15) is 5.75 Å². The van der Waals surface area contributed by atoms with Gasteiger partial charge in [-0.05, 0) is 68.7 Å². The van der Waals surface area contributed by atoms with Crippen molar-refractivity contribution in [3.8, 4) is 5.75 Å². The normalized spacial score (nSPS) is 19.0. The molecule has 1 aromatic rings. The largest absolute Gasteiger partial charge is 0.491 e. The van der Waals surface area contributed by atoms with Crippen molar-refractivity contribution < 1.29 is 19.4 Å². The Morgan fingerprint density at radius 3 is 2.62 bits per heavy atom. The fraction of sp³-hybridized carbons (Fsp3) is 0.607. The molecular weight excluding hydrogens is 428 g/mol. The van der Waals surface area contributed by atoms with Crippen LogP contribution in [-0.4, -0.2) is 42.4 Å². The molecule has 2 rings (SSSR count). The summed E-state index contributed by atoms with van der Waals surface area (Å²) in [5.74, 6) is 1.16. The minimum Gasteiger partial charge on any atom is -0.491 e. The van der Waals surface area contributed by atoms with Gasteiger partial charge in [-0.3, -0.25) is 4.79 Å². The maximum atomic E-state index is 12.4. The van der Waals surface area contributed by atoms with Gasteiger partial charge in [-0.1, -0.05) is 32.1 Å². The van der Waals surface area contributed by atoms with Crippen LogP contribution in [0, 0.1) is 5.92 Å². The Hall–Kier alpha value is -2.15. The molecule has 6 nitrogen and oxygen atoms in total. The fourth-order valence-electron chi connectivity index (χ4n) is 4.41. The number of allylic oxidation sites excluding steroid dienone is 1. The van der Waals surface area contributed by atoms with Gasteiger partial charge in [-0.25, -0.2) is 0 Å². The van der Waals surface area contributed by atoms with Crippen LogP contribution in [0.4, 0.5) is 0 Å². The highest BCUT2D eigenvalue weighted by Crippen LogP contribution is 2.42. The first-order chi connectivity index (χ1) is 16.2. The molecule has 190 valence electrons. The lowest BCUT2D eigenvalue weighted by atomic mass is 9.98. The van der Waals surface area contributed by atoms with E-state index in [9.17, 15) is 9.90 Å². The first kappa shape index (κ1) is 28.1. The van der Waals surface area contributed by atoms with Crippen molar-refractivity contribution in [2.45, 2.75) is 90.2 Å². The Morgan fingerprint density at radius 2 is 1.97 bits per heavy atom. The summed E-state index contributed by atoms with van der Waals surface area (Å²) in [7, 11) is 0. The molecule has 0 unspecified atom stereocenters. The van der Waals surface area contributed by atoms with Gasteiger partial charge in [-0.15, -0.1) is 13.2 Å². The van der Waals surface area contributed by atoms with Gasteiger partial charge < -0.3 is 25.2 Å². The number of ether oxygens (including phenoxy) is 2. The molecule has 0 bridgehead atoms. The zero-order valence-electron chi connectivity index (χ0n) is 21.4. The van der Waals surface area contributed by atoms with Crippen LogP contribution in [0.2, 0.25) is 0 Å². The zero-order chi connectivity index (χ0) is 25.1. The second-order valence-electron chi connectivity index (χ2n) is 9.82. The van der Waals surface area contributed by atoms with Crippen LogP contribution in [0.25, 0.3) is 0 Å². The van der Waals surface area contributed by atoms with E-state index in [1.807, 2.05) is 26.0 Å². The molecule has 0 spiro atoms. The number of aliphatic hydroxyl groups excluding tert-OH is 1. The molecule has 0 radical (unpaired) electrons. The Morgan fingerprint density at radius 1 is 1.21 bits per heavy atom. The summed E-state index contributed by atoms with van der Waals surface area (Å²) in [4.78, 5) is 12.4. The molecule has 1 aliphatic carbocycles. The highest BCUT2D eigenvalue weighted by atomic mass is 16.5. The van der Waals surface area contributed by atoms with Crippen LogP contribution in [0.5, 0.6) is 5.75 Å². The predicted octanol–water partition coefficient (Wildman–Crippen LogP) is 5.00. The van der Waals surface area contributed by atoms with Crippen LogP contribution in [0.15, 0.2) is 43.5 Å². The third-order valence-corrected chi connectivity index (χ3v) is 5.94. The van der Waals surface area contributed by atoms with E-state index in [-0.39, 0.29) is 30.2 Å². The molecule has 1 amide bonds. The minimum absolute atomic E-state index is 0.0221. The number of carbonyl (C=O) groups excluding carboxylic acids is 1. The summed E-state index contributed by atoms with van der Waals surface area (Å²) in [6.45, 7) is 16.5. The van der Waals surface area contributed by atoms with E-state index in [2.05, 4.69) is 49.8 Å². The summed E-state index contributed by atoms with van der Waals surface area (Å²) in [6.07, 6.45) is 6.44. The summed E-state index contributed by atoms with van der Waals surface area (Å²) in [6, 6.07) is 5.86. The molecule has 1 aromatic carbocycles. The van der Waals surface area contributed by atoms with Crippen molar-refractivity contribution in [1.29, 1.82) is 0 Å². The molecule has 0 aromatic heterocycles. The van der Waals surface area contributed by atoms with E-state index < -0.39 is 6.10 Å². The summed E-state index contributed by atoms with van der Waals surface area (Å²) >= 11 is 0. The van der Waals surface area contributed by atoms with E-state index in [1.54, 1.807) is 6.08 Å². The fourth-order valence-corrected chi connectivity index (χ4v) is 4.41. The molecule has 0 saturated carbocycles. The number of fused-ring (bicyclic) bond motifs is 1. The van der Waals surface area contributed by atoms with Crippen LogP contribution in [-0.2, 0) is 9.53 Å². The van der Waals surface area contributed by atoms with Crippen molar-refractivity contribution >= 4 is 5.91 Å². The van der Waals surface area contributed by atoms with E-state index in [1.165, 1.54) is 0 Å². The van der Waals surface area contributed by atoms with Crippen LogP contribution in [0.3, 0.4) is 0 Å². The van der Waals surface area contributed by atoms with Crippen molar-refractivity contribution in [1.82, 2.24) is 10.6 Å². The third kappa shape index (κ3) is 8.90. The van der Waals surface area contributed by atoms with Crippen LogP contribution in [0.1, 0.15) is 83.1 Å². The average molecular weight is 473 g/mol. The highest BCUT2D eigenvalue weighted by molar-refractivity contribution is 5.76. The zero-order valence-corrected chi connectivity index (χ0v) is 21.4. The molecule has 1 aliphatic rings. The quantitative estimate of drug-likeness (QED) is 0.233. The Balaban J connectivity index is 2.07. The summed E-state index contributed by atoms with van der Waals surface area (Å²) in [5.41, 5.74) is 2.27. The average Bonchev–Trinajstić information content (AvgIpc) is 3.11. The van der Waals surface area contributed by atoms with Crippen molar-refractivity contribution in [2.24, 2.45) is 5.92 Å². The minimum atomic E-state index is -0.697. The summed E-state index contributed by atoms with van der Waals surface area (Å²) < 4.78 is 11.9. The number of rotatable bonds is 16. The molecule has 3 N–H and O–H groups in total. The molecule has 0 heterocycles. The lowest BCUT2D eigenvalue weighted by molar-refractivity contribution is -0.122. The van der Waals surface area contributed by atoms with Crippen LogP contribution >= 0.6 is 0 Å². The number of nitrogens with one attached hydrogen (secondary N) is 2. The number of unbranched alkanes of at least 4 members (excludes halogenated alkanes) is 1. The second-order valence-corrected chi connectivity index (χ2v) is 9.82. The van der Waals surface area contributed by atoms with Gasteiger partial charge in [0.25, 0.3) is 0 Å². The van der Waals surface area contributed by atoms with Crippen molar-refractivity contribution in [2.75, 3.05) is 13.2 Å². The van der Waals surface area contributed by atoms with Crippen LogP contribution < -0.4 is 15.4 Å². The molecule has 0 saturated heterocycles. The standard InChI is InChI=1S/C28H44N2O4/c1-7-9-10-11-28(32)30-25(15-19(3)4)26(31)18-29-24-17-27(33-14-8-2)22-13-12-21(16-23(22)24)34-20(5)6/h7-8,12-13,16,19-20,24-27,29,31H,1-2,9-11,14-15,17-18H2,3-6H3,(H,30,32)/t24-,25-,26-,27+/m0/s1. The number of hydrogen-bond acceptors (Lipinski definition) is 5. The SMILES string of the molecule is C=CCCCC(=O)N[C@@H](CC(C)C)[C@@H](O)CN[C@H]1C[C@@H](OCC=C)c2ccc(OC(C)C)cc21. The monoisotopic (exact) mass is 472 g/mol. The van der Waals surface area contributed by atoms with E-state index in [4.69, 9.17) is 9.47 Å². The molecule has 6 heteroatoms. The maximum Gasteiger partial charge on any atom is 0.220 e.